The van der Waals surface area contributed by atoms with E-state index in [0.717, 1.165) is 17.7 Å². The molecule has 4 nitrogen and oxygen atoms in total. The van der Waals surface area contributed by atoms with E-state index in [9.17, 15) is 4.79 Å². The van der Waals surface area contributed by atoms with Crippen LogP contribution in [0.15, 0.2) is 30.0 Å². The Labute approximate surface area is 114 Å². The standard InChI is InChI=1S/C15H19N3O/c1-4-7-17-15(19)13(9-16)10-18-14-6-5-11(2)8-12(14)3/h5-6,8,10,18H,4,7H2,1-3H3,(H,17,19)/b13-10-. The molecule has 4 heteroatoms. The summed E-state index contributed by atoms with van der Waals surface area (Å²) in [5, 5.41) is 14.6. The predicted molar refractivity (Wildman–Crippen MR) is 76.5 cm³/mol. The zero-order valence-electron chi connectivity index (χ0n) is 11.6. The molecule has 1 aromatic rings. The molecule has 0 saturated carbocycles. The number of amides is 1. The quantitative estimate of drug-likeness (QED) is 0.629. The average Bonchev–Trinajstić information content (AvgIpc) is 2.39. The van der Waals surface area contributed by atoms with E-state index in [-0.39, 0.29) is 11.5 Å². The second-order valence-electron chi connectivity index (χ2n) is 4.39. The van der Waals surface area contributed by atoms with Crippen molar-refractivity contribution in [1.82, 2.24) is 5.32 Å². The van der Waals surface area contributed by atoms with E-state index in [1.165, 1.54) is 11.8 Å². The lowest BCUT2D eigenvalue weighted by Crippen LogP contribution is -2.25. The first-order chi connectivity index (χ1) is 9.08. The lowest BCUT2D eigenvalue weighted by atomic mass is 10.1. The Morgan fingerprint density at radius 1 is 1.42 bits per heavy atom. The minimum Gasteiger partial charge on any atom is -0.360 e. The van der Waals surface area contributed by atoms with Gasteiger partial charge in [0.15, 0.2) is 0 Å². The van der Waals surface area contributed by atoms with Crippen LogP contribution in [0, 0.1) is 25.2 Å². The lowest BCUT2D eigenvalue weighted by molar-refractivity contribution is -0.117. The smallest absolute Gasteiger partial charge is 0.263 e. The van der Waals surface area contributed by atoms with Gasteiger partial charge in [-0.25, -0.2) is 0 Å². The van der Waals surface area contributed by atoms with Crippen LogP contribution in [0.2, 0.25) is 0 Å². The van der Waals surface area contributed by atoms with E-state index in [2.05, 4.69) is 10.6 Å². The van der Waals surface area contributed by atoms with Gasteiger partial charge in [-0.3, -0.25) is 4.79 Å². The fraction of sp³-hybridized carbons (Fsp3) is 0.333. The zero-order chi connectivity index (χ0) is 14.3. The van der Waals surface area contributed by atoms with Gasteiger partial charge in [-0.15, -0.1) is 0 Å². The largest absolute Gasteiger partial charge is 0.360 e. The van der Waals surface area contributed by atoms with E-state index in [0.29, 0.717) is 6.54 Å². The van der Waals surface area contributed by atoms with Gasteiger partial charge in [-0.05, 0) is 31.9 Å². The molecule has 0 bridgehead atoms. The molecule has 100 valence electrons. The molecule has 2 N–H and O–H groups in total. The summed E-state index contributed by atoms with van der Waals surface area (Å²) in [7, 11) is 0. The summed E-state index contributed by atoms with van der Waals surface area (Å²) in [6, 6.07) is 7.85. The molecular weight excluding hydrogens is 238 g/mol. The third kappa shape index (κ3) is 4.47. The summed E-state index contributed by atoms with van der Waals surface area (Å²) >= 11 is 0. The van der Waals surface area contributed by atoms with Crippen molar-refractivity contribution < 1.29 is 4.79 Å². The summed E-state index contributed by atoms with van der Waals surface area (Å²) < 4.78 is 0. The highest BCUT2D eigenvalue weighted by molar-refractivity contribution is 5.97. The molecule has 0 aliphatic carbocycles. The van der Waals surface area contributed by atoms with Gasteiger partial charge in [0, 0.05) is 18.4 Å². The van der Waals surface area contributed by atoms with Gasteiger partial charge in [0.25, 0.3) is 5.91 Å². The minimum absolute atomic E-state index is 0.0772. The zero-order valence-corrected chi connectivity index (χ0v) is 11.6. The van der Waals surface area contributed by atoms with Crippen molar-refractivity contribution in [3.05, 3.63) is 41.1 Å². The number of carbonyl (C=O) groups excluding carboxylic acids is 1. The number of aryl methyl sites for hydroxylation is 2. The molecule has 1 amide bonds. The number of nitriles is 1. The van der Waals surface area contributed by atoms with Gasteiger partial charge in [-0.2, -0.15) is 5.26 Å². The van der Waals surface area contributed by atoms with E-state index in [1.807, 2.05) is 45.0 Å². The Kier molecular flexibility index (Phi) is 5.62. The second kappa shape index (κ2) is 7.22. The van der Waals surface area contributed by atoms with E-state index in [1.54, 1.807) is 0 Å². The van der Waals surface area contributed by atoms with Crippen molar-refractivity contribution >= 4 is 11.6 Å². The van der Waals surface area contributed by atoms with Gasteiger partial charge in [0.05, 0.1) is 0 Å². The number of carbonyl (C=O) groups is 1. The predicted octanol–water partition coefficient (Wildman–Crippen LogP) is 2.65. The van der Waals surface area contributed by atoms with Crippen LogP contribution in [-0.4, -0.2) is 12.5 Å². The van der Waals surface area contributed by atoms with Crippen LogP contribution >= 0.6 is 0 Å². The lowest BCUT2D eigenvalue weighted by Gasteiger charge is -2.07. The van der Waals surface area contributed by atoms with Gasteiger partial charge < -0.3 is 10.6 Å². The Balaban J connectivity index is 2.77. The highest BCUT2D eigenvalue weighted by Gasteiger charge is 2.07. The fourth-order valence-corrected chi connectivity index (χ4v) is 1.61. The van der Waals surface area contributed by atoms with Crippen molar-refractivity contribution in [3.63, 3.8) is 0 Å². The van der Waals surface area contributed by atoms with E-state index < -0.39 is 0 Å². The number of nitrogens with one attached hydrogen (secondary N) is 2. The van der Waals surface area contributed by atoms with Gasteiger partial charge in [0.2, 0.25) is 0 Å². The summed E-state index contributed by atoms with van der Waals surface area (Å²) in [5.41, 5.74) is 3.21. The van der Waals surface area contributed by atoms with Gasteiger partial charge in [0.1, 0.15) is 11.6 Å². The molecule has 0 radical (unpaired) electrons. The summed E-state index contributed by atoms with van der Waals surface area (Å²) in [6.07, 6.45) is 2.29. The number of rotatable bonds is 5. The summed E-state index contributed by atoms with van der Waals surface area (Å²) in [5.74, 6) is -0.346. The third-order valence-electron chi connectivity index (χ3n) is 2.65. The Hall–Kier alpha value is -2.28. The number of hydrogen-bond donors (Lipinski definition) is 2. The molecule has 0 unspecified atom stereocenters. The minimum atomic E-state index is -0.346. The molecule has 0 saturated heterocycles. The van der Waals surface area contributed by atoms with Crippen LogP contribution in [0.3, 0.4) is 0 Å². The monoisotopic (exact) mass is 257 g/mol. The second-order valence-corrected chi connectivity index (χ2v) is 4.39. The SMILES string of the molecule is CCCNC(=O)/C(C#N)=C\Nc1ccc(C)cc1C. The third-order valence-corrected chi connectivity index (χ3v) is 2.65. The Morgan fingerprint density at radius 2 is 2.16 bits per heavy atom. The first kappa shape index (κ1) is 14.8. The van der Waals surface area contributed by atoms with Gasteiger partial charge >= 0.3 is 0 Å². The van der Waals surface area contributed by atoms with Crippen LogP contribution in [0.25, 0.3) is 0 Å². The van der Waals surface area contributed by atoms with Crippen molar-refractivity contribution in [2.45, 2.75) is 27.2 Å². The van der Waals surface area contributed by atoms with Crippen LogP contribution in [-0.2, 0) is 4.79 Å². The number of benzene rings is 1. The molecule has 0 aliphatic rings. The van der Waals surface area contributed by atoms with Crippen LogP contribution in [0.1, 0.15) is 24.5 Å². The average molecular weight is 257 g/mol. The molecular formula is C15H19N3O. The molecule has 19 heavy (non-hydrogen) atoms. The summed E-state index contributed by atoms with van der Waals surface area (Å²) in [6.45, 7) is 6.53. The molecule has 1 aromatic carbocycles. The van der Waals surface area contributed by atoms with Crippen LogP contribution < -0.4 is 10.6 Å². The van der Waals surface area contributed by atoms with Crippen molar-refractivity contribution in [3.8, 4) is 6.07 Å². The van der Waals surface area contributed by atoms with Crippen molar-refractivity contribution in [1.29, 1.82) is 5.26 Å². The van der Waals surface area contributed by atoms with Crippen molar-refractivity contribution in [2.75, 3.05) is 11.9 Å². The molecule has 0 aromatic heterocycles. The van der Waals surface area contributed by atoms with Gasteiger partial charge in [-0.1, -0.05) is 24.6 Å². The van der Waals surface area contributed by atoms with Crippen molar-refractivity contribution in [2.24, 2.45) is 0 Å². The maximum Gasteiger partial charge on any atom is 0.263 e. The fourth-order valence-electron chi connectivity index (χ4n) is 1.61. The molecule has 0 fully saturated rings. The molecule has 0 atom stereocenters. The first-order valence-corrected chi connectivity index (χ1v) is 6.30. The van der Waals surface area contributed by atoms with E-state index in [4.69, 9.17) is 5.26 Å². The summed E-state index contributed by atoms with van der Waals surface area (Å²) in [4.78, 5) is 11.7. The topological polar surface area (TPSA) is 64.9 Å². The van der Waals surface area contributed by atoms with E-state index >= 15 is 0 Å². The number of hydrogen-bond acceptors (Lipinski definition) is 3. The molecule has 0 spiro atoms. The first-order valence-electron chi connectivity index (χ1n) is 6.30. The molecule has 0 aliphatic heterocycles. The maximum absolute atomic E-state index is 11.7. The van der Waals surface area contributed by atoms with Crippen LogP contribution in [0.4, 0.5) is 5.69 Å². The highest BCUT2D eigenvalue weighted by Crippen LogP contribution is 2.16. The maximum atomic E-state index is 11.7. The highest BCUT2D eigenvalue weighted by atomic mass is 16.1. The Morgan fingerprint density at radius 3 is 2.74 bits per heavy atom. The number of anilines is 1. The number of nitrogens with zero attached hydrogens (tertiary/aromatic N) is 1. The Bertz CT molecular complexity index is 527. The molecule has 0 heterocycles. The normalized spacial score (nSPS) is 10.7. The van der Waals surface area contributed by atoms with Crippen LogP contribution in [0.5, 0.6) is 0 Å². The molecule has 1 rings (SSSR count).